The normalized spacial score (nSPS) is 10.2. The lowest BCUT2D eigenvalue weighted by molar-refractivity contribution is 0.414. The van der Waals surface area contributed by atoms with Crippen molar-refractivity contribution in [3.63, 3.8) is 0 Å². The summed E-state index contributed by atoms with van der Waals surface area (Å²) in [4.78, 5) is 2.21. The Hall–Kier alpha value is -0.530. The highest BCUT2D eigenvalue weighted by Gasteiger charge is 2.05. The Labute approximate surface area is 89.2 Å². The van der Waals surface area contributed by atoms with Crippen LogP contribution in [0.1, 0.15) is 59.3 Å². The van der Waals surface area contributed by atoms with Crippen LogP contribution in [0.4, 0.5) is 0 Å². The van der Waals surface area contributed by atoms with Crippen LogP contribution in [0.2, 0.25) is 0 Å². The average Bonchev–Trinajstić information content (AvgIpc) is 2.19. The van der Waals surface area contributed by atoms with Gasteiger partial charge < -0.3 is 4.90 Å². The molecule has 2 heteroatoms. The van der Waals surface area contributed by atoms with Gasteiger partial charge >= 0.3 is 0 Å². The zero-order valence-electron chi connectivity index (χ0n) is 10.1. The first-order valence-corrected chi connectivity index (χ1v) is 6.08. The van der Waals surface area contributed by atoms with Gasteiger partial charge in [-0.1, -0.05) is 33.1 Å². The van der Waals surface area contributed by atoms with Crippen LogP contribution in [-0.2, 0) is 0 Å². The lowest BCUT2D eigenvalue weighted by Gasteiger charge is -2.23. The molecule has 14 heavy (non-hydrogen) atoms. The zero-order chi connectivity index (χ0) is 10.8. The van der Waals surface area contributed by atoms with Crippen LogP contribution in [0.25, 0.3) is 0 Å². The fourth-order valence-corrected chi connectivity index (χ4v) is 1.53. The first-order chi connectivity index (χ1) is 6.76. The maximum atomic E-state index is 7.93. The van der Waals surface area contributed by atoms with Crippen molar-refractivity contribution in [3.05, 3.63) is 0 Å². The smallest absolute Gasteiger partial charge is 0.0957 e. The summed E-state index contributed by atoms with van der Waals surface area (Å²) in [6.45, 7) is 8.61. The van der Waals surface area contributed by atoms with E-state index in [1.165, 1.54) is 32.1 Å². The van der Waals surface area contributed by atoms with Gasteiger partial charge in [-0.15, -0.1) is 0 Å². The van der Waals surface area contributed by atoms with E-state index in [-0.39, 0.29) is 0 Å². The molecule has 0 unspecified atom stereocenters. The van der Waals surface area contributed by atoms with Crippen LogP contribution in [0, 0.1) is 5.41 Å². The molecule has 0 aromatic heterocycles. The molecule has 0 saturated carbocycles. The van der Waals surface area contributed by atoms with E-state index in [4.69, 9.17) is 5.41 Å². The molecule has 0 radical (unpaired) electrons. The molecule has 0 rings (SSSR count). The summed E-state index contributed by atoms with van der Waals surface area (Å²) < 4.78 is 0. The van der Waals surface area contributed by atoms with E-state index in [1.54, 1.807) is 0 Å². The second kappa shape index (κ2) is 9.04. The lowest BCUT2D eigenvalue weighted by atomic mass is 10.2. The van der Waals surface area contributed by atoms with Crippen LogP contribution >= 0.6 is 0 Å². The molecule has 0 spiro atoms. The minimum atomic E-state index is 0.842. The van der Waals surface area contributed by atoms with Crippen molar-refractivity contribution in [3.8, 4) is 0 Å². The molecule has 0 aromatic rings. The van der Waals surface area contributed by atoms with Gasteiger partial charge in [0.1, 0.15) is 0 Å². The number of hydrogen-bond acceptors (Lipinski definition) is 1. The average molecular weight is 198 g/mol. The van der Waals surface area contributed by atoms with E-state index < -0.39 is 0 Å². The van der Waals surface area contributed by atoms with Gasteiger partial charge in [-0.05, 0) is 19.8 Å². The van der Waals surface area contributed by atoms with Crippen molar-refractivity contribution in [2.45, 2.75) is 59.3 Å². The molecular weight excluding hydrogens is 172 g/mol. The fraction of sp³-hybridized carbons (Fsp3) is 0.917. The Morgan fingerprint density at radius 3 is 2.14 bits per heavy atom. The van der Waals surface area contributed by atoms with Crippen LogP contribution in [0.5, 0.6) is 0 Å². The number of unbranched alkanes of at least 4 members (excludes halogenated alkanes) is 3. The number of nitrogens with one attached hydrogen (secondary N) is 1. The van der Waals surface area contributed by atoms with Gasteiger partial charge in [-0.3, -0.25) is 5.41 Å². The molecule has 0 bridgehead atoms. The van der Waals surface area contributed by atoms with Crippen molar-refractivity contribution in [1.29, 1.82) is 5.41 Å². The molecule has 0 aliphatic carbocycles. The van der Waals surface area contributed by atoms with Gasteiger partial charge in [0.05, 0.1) is 5.84 Å². The minimum Gasteiger partial charge on any atom is -0.361 e. The largest absolute Gasteiger partial charge is 0.361 e. The summed E-state index contributed by atoms with van der Waals surface area (Å²) in [5, 5.41) is 7.93. The second-order valence-electron chi connectivity index (χ2n) is 3.84. The highest BCUT2D eigenvalue weighted by atomic mass is 15.2. The molecule has 0 saturated heterocycles. The second-order valence-corrected chi connectivity index (χ2v) is 3.84. The molecule has 0 aliphatic heterocycles. The van der Waals surface area contributed by atoms with Crippen molar-refractivity contribution in [2.75, 3.05) is 13.1 Å². The first-order valence-electron chi connectivity index (χ1n) is 6.08. The molecule has 2 nitrogen and oxygen atoms in total. The van der Waals surface area contributed by atoms with Gasteiger partial charge in [0.15, 0.2) is 0 Å². The maximum Gasteiger partial charge on any atom is 0.0957 e. The Morgan fingerprint density at radius 2 is 1.64 bits per heavy atom. The van der Waals surface area contributed by atoms with E-state index in [0.717, 1.165) is 25.3 Å². The Morgan fingerprint density at radius 1 is 1.00 bits per heavy atom. The first kappa shape index (κ1) is 13.5. The molecule has 0 heterocycles. The third kappa shape index (κ3) is 6.01. The zero-order valence-corrected chi connectivity index (χ0v) is 10.1. The summed E-state index contributed by atoms with van der Waals surface area (Å²) in [7, 11) is 0. The molecule has 0 aromatic carbocycles. The Kier molecular flexibility index (Phi) is 8.70. The standard InChI is InChI=1S/C12H26N2/c1-4-7-9-10-12(13)14(6-3)11-8-5-2/h13H,4-11H2,1-3H3. The summed E-state index contributed by atoms with van der Waals surface area (Å²) in [5.74, 6) is 0.842. The van der Waals surface area contributed by atoms with E-state index >= 15 is 0 Å². The Bertz CT molecular complexity index is 143. The van der Waals surface area contributed by atoms with Crippen LogP contribution in [0.15, 0.2) is 0 Å². The summed E-state index contributed by atoms with van der Waals surface area (Å²) >= 11 is 0. The highest BCUT2D eigenvalue weighted by molar-refractivity contribution is 5.78. The van der Waals surface area contributed by atoms with Crippen molar-refractivity contribution < 1.29 is 0 Å². The van der Waals surface area contributed by atoms with Crippen LogP contribution < -0.4 is 0 Å². The van der Waals surface area contributed by atoms with E-state index in [0.29, 0.717) is 0 Å². The minimum absolute atomic E-state index is 0.842. The molecule has 1 N–H and O–H groups in total. The monoisotopic (exact) mass is 198 g/mol. The van der Waals surface area contributed by atoms with Gasteiger partial charge in [-0.25, -0.2) is 0 Å². The fourth-order valence-electron chi connectivity index (χ4n) is 1.53. The summed E-state index contributed by atoms with van der Waals surface area (Å²) in [5.41, 5.74) is 0. The van der Waals surface area contributed by atoms with Gasteiger partial charge in [0.25, 0.3) is 0 Å². The highest BCUT2D eigenvalue weighted by Crippen LogP contribution is 2.04. The lowest BCUT2D eigenvalue weighted by Crippen LogP contribution is -2.30. The number of rotatable bonds is 8. The van der Waals surface area contributed by atoms with Crippen LogP contribution in [0.3, 0.4) is 0 Å². The van der Waals surface area contributed by atoms with Gasteiger partial charge in [0.2, 0.25) is 0 Å². The number of nitrogens with zero attached hydrogens (tertiary/aromatic N) is 1. The Balaban J connectivity index is 3.67. The number of amidine groups is 1. The molecule has 84 valence electrons. The maximum absolute atomic E-state index is 7.93. The van der Waals surface area contributed by atoms with Crippen molar-refractivity contribution in [1.82, 2.24) is 4.90 Å². The van der Waals surface area contributed by atoms with Gasteiger partial charge in [0, 0.05) is 19.5 Å². The quantitative estimate of drug-likeness (QED) is 0.359. The topological polar surface area (TPSA) is 27.1 Å². The van der Waals surface area contributed by atoms with Crippen molar-refractivity contribution in [2.24, 2.45) is 0 Å². The predicted molar refractivity (Wildman–Crippen MR) is 64.0 cm³/mol. The van der Waals surface area contributed by atoms with Gasteiger partial charge in [-0.2, -0.15) is 0 Å². The molecule has 0 amide bonds. The third-order valence-corrected chi connectivity index (χ3v) is 2.56. The predicted octanol–water partition coefficient (Wildman–Crippen LogP) is 3.67. The summed E-state index contributed by atoms with van der Waals surface area (Å²) in [6.07, 6.45) is 7.08. The molecule has 0 aliphatic rings. The summed E-state index contributed by atoms with van der Waals surface area (Å²) in [6, 6.07) is 0. The molecule has 0 atom stereocenters. The molecule has 0 fully saturated rings. The number of hydrogen-bond donors (Lipinski definition) is 1. The van der Waals surface area contributed by atoms with E-state index in [2.05, 4.69) is 25.7 Å². The third-order valence-electron chi connectivity index (χ3n) is 2.56. The van der Waals surface area contributed by atoms with E-state index in [9.17, 15) is 0 Å². The van der Waals surface area contributed by atoms with Crippen molar-refractivity contribution >= 4 is 5.84 Å². The van der Waals surface area contributed by atoms with E-state index in [1.807, 2.05) is 0 Å². The molecular formula is C12H26N2. The van der Waals surface area contributed by atoms with Crippen LogP contribution in [-0.4, -0.2) is 23.8 Å². The SMILES string of the molecule is CCCCCC(=N)N(CC)CCCC.